The predicted octanol–water partition coefficient (Wildman–Crippen LogP) is 3.77. The first kappa shape index (κ1) is 15.2. The number of rotatable bonds is 6. The molecule has 1 N–H and O–H groups in total. The van der Waals surface area contributed by atoms with Gasteiger partial charge in [-0.2, -0.15) is 5.10 Å². The molecule has 0 saturated heterocycles. The van der Waals surface area contributed by atoms with Crippen LogP contribution in [0.25, 0.3) is 0 Å². The smallest absolute Gasteiger partial charge is 0.243 e. The van der Waals surface area contributed by atoms with Gasteiger partial charge in [-0.1, -0.05) is 33.6 Å². The summed E-state index contributed by atoms with van der Waals surface area (Å²) in [5, 5.41) is 12.0. The van der Waals surface area contributed by atoms with E-state index in [2.05, 4.69) is 41.3 Å². The van der Waals surface area contributed by atoms with E-state index in [0.29, 0.717) is 6.04 Å². The molecule has 1 heterocycles. The lowest BCUT2D eigenvalue weighted by molar-refractivity contribution is 0.318. The van der Waals surface area contributed by atoms with Crippen LogP contribution in [0.5, 0.6) is 0 Å². The molecule has 1 aliphatic rings. The normalized spacial score (nSPS) is 22.8. The van der Waals surface area contributed by atoms with E-state index in [1.165, 1.54) is 38.5 Å². The maximum absolute atomic E-state index is 4.63. The molecule has 0 radical (unpaired) electrons. The summed E-state index contributed by atoms with van der Waals surface area (Å²) in [6.45, 7) is 6.52. The average Bonchev–Trinajstić information content (AvgIpc) is 2.49. The van der Waals surface area contributed by atoms with Gasteiger partial charge in [0.05, 0.1) is 11.4 Å². The van der Waals surface area contributed by atoms with Crippen molar-refractivity contribution in [1.29, 1.82) is 0 Å². The molecule has 2 rings (SSSR count). The molecule has 0 amide bonds. The summed E-state index contributed by atoms with van der Waals surface area (Å²) >= 11 is 0. The average molecular weight is 276 g/mol. The van der Waals surface area contributed by atoms with E-state index in [4.69, 9.17) is 0 Å². The summed E-state index contributed by atoms with van der Waals surface area (Å²) in [7, 11) is 0. The monoisotopic (exact) mass is 276 g/mol. The highest BCUT2D eigenvalue weighted by Gasteiger charge is 2.21. The minimum Gasteiger partial charge on any atom is -0.350 e. The molecule has 0 aliphatic heterocycles. The third-order valence-electron chi connectivity index (χ3n) is 4.39. The molecule has 0 aromatic carbocycles. The lowest BCUT2D eigenvalue weighted by Crippen LogP contribution is -2.27. The van der Waals surface area contributed by atoms with E-state index in [-0.39, 0.29) is 0 Å². The molecule has 112 valence electrons. The molecule has 0 unspecified atom stereocenters. The second-order valence-electron chi connectivity index (χ2n) is 5.89. The van der Waals surface area contributed by atoms with Crippen LogP contribution >= 0.6 is 0 Å². The van der Waals surface area contributed by atoms with E-state index >= 15 is 0 Å². The van der Waals surface area contributed by atoms with E-state index in [0.717, 1.165) is 36.1 Å². The maximum atomic E-state index is 4.63. The first-order valence-electron chi connectivity index (χ1n) is 8.25. The molecule has 1 aromatic rings. The first-order valence-corrected chi connectivity index (χ1v) is 8.25. The Kier molecular flexibility index (Phi) is 5.74. The fourth-order valence-corrected chi connectivity index (χ4v) is 3.19. The fourth-order valence-electron chi connectivity index (χ4n) is 3.19. The van der Waals surface area contributed by atoms with Crippen LogP contribution in [0, 0.1) is 5.92 Å². The van der Waals surface area contributed by atoms with Crippen LogP contribution in [0.4, 0.5) is 5.95 Å². The lowest BCUT2D eigenvalue weighted by atomic mass is 9.83. The minimum atomic E-state index is 0.530. The highest BCUT2D eigenvalue weighted by molar-refractivity contribution is 5.27. The van der Waals surface area contributed by atoms with Crippen LogP contribution in [0.1, 0.15) is 70.7 Å². The van der Waals surface area contributed by atoms with E-state index in [1.54, 1.807) is 0 Å². The summed E-state index contributed by atoms with van der Waals surface area (Å²) in [6, 6.07) is 0.530. The number of aromatic nitrogens is 3. The van der Waals surface area contributed by atoms with Crippen LogP contribution in [0.15, 0.2) is 0 Å². The molecule has 1 saturated carbocycles. The molecule has 1 fully saturated rings. The second-order valence-corrected chi connectivity index (χ2v) is 5.89. The SMILES string of the molecule is CCCC1CCC(Nc2nnc(CC)c(CC)n2)CC1. The van der Waals surface area contributed by atoms with Crippen molar-refractivity contribution in [3.8, 4) is 0 Å². The van der Waals surface area contributed by atoms with Crippen molar-refractivity contribution < 1.29 is 0 Å². The van der Waals surface area contributed by atoms with Crippen molar-refractivity contribution in [2.75, 3.05) is 5.32 Å². The third-order valence-corrected chi connectivity index (χ3v) is 4.39. The largest absolute Gasteiger partial charge is 0.350 e. The molecule has 0 atom stereocenters. The zero-order valence-electron chi connectivity index (χ0n) is 13.2. The number of aryl methyl sites for hydroxylation is 2. The molecule has 1 aromatic heterocycles. The Bertz CT molecular complexity index is 411. The topological polar surface area (TPSA) is 50.7 Å². The van der Waals surface area contributed by atoms with Gasteiger partial charge in [0.2, 0.25) is 5.95 Å². The van der Waals surface area contributed by atoms with Gasteiger partial charge in [-0.15, -0.1) is 5.10 Å². The highest BCUT2D eigenvalue weighted by atomic mass is 15.2. The molecule has 20 heavy (non-hydrogen) atoms. The first-order chi connectivity index (χ1) is 9.76. The number of nitrogens with one attached hydrogen (secondary N) is 1. The van der Waals surface area contributed by atoms with Gasteiger partial charge in [-0.25, -0.2) is 4.98 Å². The van der Waals surface area contributed by atoms with Gasteiger partial charge in [-0.3, -0.25) is 0 Å². The van der Waals surface area contributed by atoms with Crippen LogP contribution in [-0.4, -0.2) is 21.2 Å². The van der Waals surface area contributed by atoms with Crippen LogP contribution in [0.2, 0.25) is 0 Å². The van der Waals surface area contributed by atoms with Crippen molar-refractivity contribution in [1.82, 2.24) is 15.2 Å². The van der Waals surface area contributed by atoms with E-state index in [9.17, 15) is 0 Å². The van der Waals surface area contributed by atoms with Crippen molar-refractivity contribution in [3.05, 3.63) is 11.4 Å². The number of anilines is 1. The van der Waals surface area contributed by atoms with E-state index in [1.807, 2.05) is 0 Å². The Morgan fingerprint density at radius 1 is 0.950 bits per heavy atom. The van der Waals surface area contributed by atoms with Gasteiger partial charge in [0.1, 0.15) is 0 Å². The maximum Gasteiger partial charge on any atom is 0.243 e. The number of nitrogens with zero attached hydrogens (tertiary/aromatic N) is 3. The summed E-state index contributed by atoms with van der Waals surface area (Å²) in [6.07, 6.45) is 9.70. The van der Waals surface area contributed by atoms with Gasteiger partial charge >= 0.3 is 0 Å². The number of hydrogen-bond acceptors (Lipinski definition) is 4. The fraction of sp³-hybridized carbons (Fsp3) is 0.812. The molecular formula is C16H28N4. The summed E-state index contributed by atoms with van der Waals surface area (Å²) in [5.74, 6) is 1.66. The van der Waals surface area contributed by atoms with Gasteiger partial charge < -0.3 is 5.32 Å². The minimum absolute atomic E-state index is 0.530. The van der Waals surface area contributed by atoms with Gasteiger partial charge in [0, 0.05) is 6.04 Å². The summed E-state index contributed by atoms with van der Waals surface area (Å²) in [4.78, 5) is 4.63. The predicted molar refractivity (Wildman–Crippen MR) is 82.9 cm³/mol. The van der Waals surface area contributed by atoms with Crippen molar-refractivity contribution in [3.63, 3.8) is 0 Å². The van der Waals surface area contributed by atoms with Gasteiger partial charge in [0.25, 0.3) is 0 Å². The van der Waals surface area contributed by atoms with Crippen LogP contribution in [-0.2, 0) is 12.8 Å². The zero-order chi connectivity index (χ0) is 14.4. The van der Waals surface area contributed by atoms with E-state index < -0.39 is 0 Å². The van der Waals surface area contributed by atoms with Crippen molar-refractivity contribution in [2.45, 2.75) is 78.2 Å². The third kappa shape index (κ3) is 3.90. The molecule has 0 bridgehead atoms. The van der Waals surface area contributed by atoms with Crippen molar-refractivity contribution in [2.24, 2.45) is 5.92 Å². The Morgan fingerprint density at radius 3 is 2.25 bits per heavy atom. The van der Waals surface area contributed by atoms with Crippen molar-refractivity contribution >= 4 is 5.95 Å². The Morgan fingerprint density at radius 2 is 1.65 bits per heavy atom. The second kappa shape index (κ2) is 7.55. The Hall–Kier alpha value is -1.19. The Labute approximate surface area is 122 Å². The highest BCUT2D eigenvalue weighted by Crippen LogP contribution is 2.28. The number of hydrogen-bond donors (Lipinski definition) is 1. The molecule has 1 aliphatic carbocycles. The quantitative estimate of drug-likeness (QED) is 0.859. The molecule has 4 nitrogen and oxygen atoms in total. The van der Waals surface area contributed by atoms with Crippen LogP contribution in [0.3, 0.4) is 0 Å². The Balaban J connectivity index is 1.91. The molecule has 4 heteroatoms. The van der Waals surface area contributed by atoms with Gasteiger partial charge in [-0.05, 0) is 44.4 Å². The zero-order valence-corrected chi connectivity index (χ0v) is 13.2. The lowest BCUT2D eigenvalue weighted by Gasteiger charge is -2.28. The summed E-state index contributed by atoms with van der Waals surface area (Å²) < 4.78 is 0. The van der Waals surface area contributed by atoms with Gasteiger partial charge in [0.15, 0.2) is 0 Å². The standard InChI is InChI=1S/C16H28N4/c1-4-7-12-8-10-13(11-9-12)17-16-18-14(5-2)15(6-3)19-20-16/h12-13H,4-11H2,1-3H3,(H,17,18,20). The molecular weight excluding hydrogens is 248 g/mol. The molecule has 0 spiro atoms. The van der Waals surface area contributed by atoms with Crippen LogP contribution < -0.4 is 5.32 Å². The summed E-state index contributed by atoms with van der Waals surface area (Å²) in [5.41, 5.74) is 2.12.